The third-order valence-corrected chi connectivity index (χ3v) is 1.54. The van der Waals surface area contributed by atoms with Crippen molar-refractivity contribution in [1.29, 1.82) is 0 Å². The summed E-state index contributed by atoms with van der Waals surface area (Å²) in [6.45, 7) is 6.26. The molecule has 1 heterocycles. The molecule has 1 aliphatic rings. The lowest BCUT2D eigenvalue weighted by atomic mass is 10.2. The fourth-order valence-corrected chi connectivity index (χ4v) is 0.856. The molecular formula is C9H14O3. The summed E-state index contributed by atoms with van der Waals surface area (Å²) in [6.07, 6.45) is 1.60. The van der Waals surface area contributed by atoms with Gasteiger partial charge in [-0.15, -0.1) is 0 Å². The van der Waals surface area contributed by atoms with Crippen LogP contribution in [0.4, 0.5) is 0 Å². The highest BCUT2D eigenvalue weighted by molar-refractivity contribution is 5.83. The van der Waals surface area contributed by atoms with Crippen LogP contribution < -0.4 is 0 Å². The van der Waals surface area contributed by atoms with Gasteiger partial charge in [0.25, 0.3) is 0 Å². The molecule has 0 N–H and O–H groups in total. The smallest absolute Gasteiger partial charge is 0.331 e. The van der Waals surface area contributed by atoms with Gasteiger partial charge >= 0.3 is 5.97 Å². The molecule has 0 amide bonds. The molecule has 0 aromatic carbocycles. The third-order valence-electron chi connectivity index (χ3n) is 1.54. The quantitative estimate of drug-likeness (QED) is 0.364. The second kappa shape index (κ2) is 3.72. The molecule has 3 heteroatoms. The van der Waals surface area contributed by atoms with Crippen molar-refractivity contribution in [2.75, 3.05) is 6.61 Å². The molecule has 0 spiro atoms. The summed E-state index contributed by atoms with van der Waals surface area (Å²) in [7, 11) is 0. The van der Waals surface area contributed by atoms with Gasteiger partial charge in [0.1, 0.15) is 6.10 Å². The van der Waals surface area contributed by atoms with Gasteiger partial charge in [0, 0.05) is 6.08 Å². The Labute approximate surface area is 72.4 Å². The van der Waals surface area contributed by atoms with Crippen LogP contribution in [0.15, 0.2) is 11.6 Å². The van der Waals surface area contributed by atoms with Gasteiger partial charge in [-0.05, 0) is 26.3 Å². The van der Waals surface area contributed by atoms with E-state index < -0.39 is 0 Å². The summed E-state index contributed by atoms with van der Waals surface area (Å²) in [5, 5.41) is 0. The summed E-state index contributed by atoms with van der Waals surface area (Å²) < 4.78 is 9.93. The first-order valence-corrected chi connectivity index (χ1v) is 4.10. The van der Waals surface area contributed by atoms with E-state index in [2.05, 4.69) is 0 Å². The van der Waals surface area contributed by atoms with Gasteiger partial charge in [0.2, 0.25) is 0 Å². The van der Waals surface area contributed by atoms with Crippen molar-refractivity contribution in [3.05, 3.63) is 11.6 Å². The van der Waals surface area contributed by atoms with Crippen LogP contribution in [0, 0.1) is 0 Å². The van der Waals surface area contributed by atoms with Gasteiger partial charge in [-0.1, -0.05) is 0 Å². The summed E-state index contributed by atoms with van der Waals surface area (Å²) in [5.41, 5.74) is 0.945. The van der Waals surface area contributed by atoms with Crippen LogP contribution in [0.2, 0.25) is 0 Å². The molecule has 0 aromatic heterocycles. The lowest BCUT2D eigenvalue weighted by Gasteiger charge is -2.04. The van der Waals surface area contributed by atoms with Crippen LogP contribution in [0.5, 0.6) is 0 Å². The lowest BCUT2D eigenvalue weighted by molar-refractivity contribution is -0.141. The third kappa shape index (κ3) is 3.05. The minimum atomic E-state index is -0.280. The molecule has 3 nitrogen and oxygen atoms in total. The van der Waals surface area contributed by atoms with Crippen molar-refractivity contribution in [1.82, 2.24) is 0 Å². The molecule has 68 valence electrons. The van der Waals surface area contributed by atoms with Gasteiger partial charge in [0.15, 0.2) is 0 Å². The minimum absolute atomic E-state index is 0.0540. The number of carbonyl (C=O) groups excluding carboxylic acids is 1. The van der Waals surface area contributed by atoms with Crippen molar-refractivity contribution in [2.45, 2.75) is 33.0 Å². The molecule has 1 saturated heterocycles. The average Bonchev–Trinajstić information content (AvgIpc) is 2.63. The summed E-state index contributed by atoms with van der Waals surface area (Å²) in [6, 6.07) is 0. The highest BCUT2D eigenvalue weighted by atomic mass is 16.6. The monoisotopic (exact) mass is 170 g/mol. The molecule has 0 aromatic rings. The van der Waals surface area contributed by atoms with Gasteiger partial charge in [-0.3, -0.25) is 0 Å². The van der Waals surface area contributed by atoms with E-state index in [4.69, 9.17) is 9.47 Å². The molecule has 1 fully saturated rings. The number of hydrogen-bond acceptors (Lipinski definition) is 3. The van der Waals surface area contributed by atoms with E-state index in [1.807, 2.05) is 20.8 Å². The Balaban J connectivity index is 2.37. The van der Waals surface area contributed by atoms with Crippen LogP contribution in [0.3, 0.4) is 0 Å². The fraction of sp³-hybridized carbons (Fsp3) is 0.667. The highest BCUT2D eigenvalue weighted by Gasteiger charge is 2.24. The Bertz CT molecular complexity index is 202. The number of rotatable bonds is 3. The average molecular weight is 170 g/mol. The molecule has 0 saturated carbocycles. The van der Waals surface area contributed by atoms with E-state index >= 15 is 0 Å². The SMILES string of the molecule is CC(=CC(=O)OC(C)C)C1CO1. The maximum absolute atomic E-state index is 11.0. The molecule has 1 unspecified atom stereocenters. The summed E-state index contributed by atoms with van der Waals surface area (Å²) in [4.78, 5) is 11.0. The number of hydrogen-bond donors (Lipinski definition) is 0. The zero-order chi connectivity index (χ0) is 9.14. The van der Waals surface area contributed by atoms with Crippen molar-refractivity contribution in [2.24, 2.45) is 0 Å². The van der Waals surface area contributed by atoms with Gasteiger partial charge in [0.05, 0.1) is 12.7 Å². The van der Waals surface area contributed by atoms with Crippen LogP contribution in [0.25, 0.3) is 0 Å². The van der Waals surface area contributed by atoms with Gasteiger partial charge in [-0.2, -0.15) is 0 Å². The van der Waals surface area contributed by atoms with Crippen molar-refractivity contribution < 1.29 is 14.3 Å². The summed E-state index contributed by atoms with van der Waals surface area (Å²) in [5.74, 6) is -0.280. The van der Waals surface area contributed by atoms with E-state index in [9.17, 15) is 4.79 Å². The first-order valence-electron chi connectivity index (χ1n) is 4.10. The van der Waals surface area contributed by atoms with Crippen molar-refractivity contribution in [3.8, 4) is 0 Å². The largest absolute Gasteiger partial charge is 0.460 e. The van der Waals surface area contributed by atoms with Crippen molar-refractivity contribution in [3.63, 3.8) is 0 Å². The standard InChI is InChI=1S/C9H14O3/c1-6(2)12-9(10)4-7(3)8-5-11-8/h4,6,8H,5H2,1-3H3. The Hall–Kier alpha value is -0.830. The number of epoxide rings is 1. The first kappa shape index (κ1) is 9.26. The molecule has 0 aliphatic carbocycles. The Morgan fingerprint density at radius 3 is 2.67 bits per heavy atom. The van der Waals surface area contributed by atoms with E-state index in [1.54, 1.807) is 0 Å². The highest BCUT2D eigenvalue weighted by Crippen LogP contribution is 2.18. The van der Waals surface area contributed by atoms with Crippen LogP contribution in [-0.4, -0.2) is 24.8 Å². The second-order valence-corrected chi connectivity index (χ2v) is 3.20. The predicted molar refractivity (Wildman–Crippen MR) is 44.7 cm³/mol. The Kier molecular flexibility index (Phi) is 2.87. The molecular weight excluding hydrogens is 156 g/mol. The Morgan fingerprint density at radius 1 is 1.67 bits per heavy atom. The zero-order valence-corrected chi connectivity index (χ0v) is 7.66. The topological polar surface area (TPSA) is 38.8 Å². The molecule has 1 aliphatic heterocycles. The zero-order valence-electron chi connectivity index (χ0n) is 7.66. The minimum Gasteiger partial charge on any atom is -0.460 e. The van der Waals surface area contributed by atoms with E-state index in [-0.39, 0.29) is 18.2 Å². The molecule has 1 atom stereocenters. The van der Waals surface area contributed by atoms with E-state index in [1.165, 1.54) is 6.08 Å². The van der Waals surface area contributed by atoms with Gasteiger partial charge < -0.3 is 9.47 Å². The fourth-order valence-electron chi connectivity index (χ4n) is 0.856. The second-order valence-electron chi connectivity index (χ2n) is 3.20. The molecule has 12 heavy (non-hydrogen) atoms. The van der Waals surface area contributed by atoms with Crippen molar-refractivity contribution >= 4 is 5.97 Å². The van der Waals surface area contributed by atoms with E-state index in [0.29, 0.717) is 0 Å². The maximum atomic E-state index is 11.0. The first-order chi connectivity index (χ1) is 5.59. The molecule has 0 radical (unpaired) electrons. The normalized spacial score (nSPS) is 22.7. The van der Waals surface area contributed by atoms with E-state index in [0.717, 1.165) is 12.2 Å². The van der Waals surface area contributed by atoms with Crippen LogP contribution in [-0.2, 0) is 14.3 Å². The number of ether oxygens (including phenoxy) is 2. The van der Waals surface area contributed by atoms with Crippen LogP contribution >= 0.6 is 0 Å². The van der Waals surface area contributed by atoms with Gasteiger partial charge in [-0.25, -0.2) is 4.79 Å². The lowest BCUT2D eigenvalue weighted by Crippen LogP contribution is -2.09. The summed E-state index contributed by atoms with van der Waals surface area (Å²) >= 11 is 0. The molecule has 1 rings (SSSR count). The number of esters is 1. The molecule has 0 bridgehead atoms. The maximum Gasteiger partial charge on any atom is 0.331 e. The predicted octanol–water partition coefficient (Wildman–Crippen LogP) is 1.28. The number of carbonyl (C=O) groups is 1. The van der Waals surface area contributed by atoms with Crippen LogP contribution in [0.1, 0.15) is 20.8 Å². The Morgan fingerprint density at radius 2 is 2.25 bits per heavy atom.